The summed E-state index contributed by atoms with van der Waals surface area (Å²) in [6.07, 6.45) is 2.67. The van der Waals surface area contributed by atoms with Gasteiger partial charge in [-0.1, -0.05) is 12.6 Å². The van der Waals surface area contributed by atoms with Gasteiger partial charge in [0.25, 0.3) is 6.43 Å². The molecule has 1 aliphatic carbocycles. The number of aromatic nitrogens is 5. The molecule has 168 valence electrons. The van der Waals surface area contributed by atoms with Gasteiger partial charge in [0.05, 0.1) is 5.54 Å². The number of nitrogens with one attached hydrogen (secondary N) is 2. The lowest BCUT2D eigenvalue weighted by Gasteiger charge is -2.38. The summed E-state index contributed by atoms with van der Waals surface area (Å²) in [5.74, 6) is 0.183. The van der Waals surface area contributed by atoms with E-state index in [0.29, 0.717) is 18.8 Å². The van der Waals surface area contributed by atoms with Crippen LogP contribution in [0.5, 0.6) is 0 Å². The molecule has 10 heteroatoms. The number of aryl methyl sites for hydroxylation is 1. The van der Waals surface area contributed by atoms with Gasteiger partial charge in [-0.25, -0.2) is 13.5 Å². The Morgan fingerprint density at radius 2 is 2.19 bits per heavy atom. The molecular weight excluding hydrogens is 404 g/mol. The van der Waals surface area contributed by atoms with E-state index in [1.807, 2.05) is 26.8 Å². The summed E-state index contributed by atoms with van der Waals surface area (Å²) in [5, 5.41) is 17.9. The zero-order chi connectivity index (χ0) is 22.6. The number of hydrogen-bond donors (Lipinski definition) is 2. The fourth-order valence-corrected chi connectivity index (χ4v) is 4.43. The minimum absolute atomic E-state index is 0.195. The number of carbonyl (C=O) groups excluding carboxylic acids is 1. The number of fused-ring (bicyclic) bond motifs is 1. The molecule has 0 aliphatic heterocycles. The molecule has 0 aromatic carbocycles. The molecule has 8 nitrogen and oxygen atoms in total. The van der Waals surface area contributed by atoms with E-state index in [0.717, 1.165) is 23.2 Å². The lowest BCUT2D eigenvalue weighted by atomic mass is 9.84. The lowest BCUT2D eigenvalue weighted by Crippen LogP contribution is -2.53. The van der Waals surface area contributed by atoms with Crippen molar-refractivity contribution in [1.29, 1.82) is 0 Å². The molecule has 2 heterocycles. The molecule has 3 rings (SSSR count). The average Bonchev–Trinajstić information content (AvgIpc) is 3.32. The third-order valence-corrected chi connectivity index (χ3v) is 5.59. The third kappa shape index (κ3) is 5.49. The molecule has 0 saturated carbocycles. The molecule has 0 saturated heterocycles. The molecule has 0 radical (unpaired) electrons. The Morgan fingerprint density at radius 3 is 2.90 bits per heavy atom. The Morgan fingerprint density at radius 1 is 1.42 bits per heavy atom. The van der Waals surface area contributed by atoms with Crippen molar-refractivity contribution >= 4 is 5.91 Å². The van der Waals surface area contributed by atoms with E-state index in [2.05, 4.69) is 43.8 Å². The molecule has 1 amide bonds. The Hall–Kier alpha value is -2.75. The number of tetrazole rings is 1. The first kappa shape index (κ1) is 22.9. The van der Waals surface area contributed by atoms with Crippen molar-refractivity contribution in [2.45, 2.75) is 70.0 Å². The zero-order valence-electron chi connectivity index (χ0n) is 18.1. The number of amides is 1. The highest BCUT2D eigenvalue weighted by Gasteiger charge is 2.40. The maximum absolute atomic E-state index is 13.1. The van der Waals surface area contributed by atoms with Gasteiger partial charge in [-0.2, -0.15) is 0 Å². The number of nitrogens with zero attached hydrogens (tertiary/aromatic N) is 5. The summed E-state index contributed by atoms with van der Waals surface area (Å²) in [6, 6.07) is 4.01. The van der Waals surface area contributed by atoms with Crippen LogP contribution in [0.25, 0.3) is 0 Å². The second kappa shape index (κ2) is 9.17. The van der Waals surface area contributed by atoms with Crippen molar-refractivity contribution in [3.05, 3.63) is 48.1 Å². The van der Waals surface area contributed by atoms with Crippen molar-refractivity contribution in [3.8, 4) is 0 Å². The molecule has 2 aromatic heterocycles. The smallest absolute Gasteiger partial charge is 0.258 e. The van der Waals surface area contributed by atoms with Crippen LogP contribution in [0.3, 0.4) is 0 Å². The van der Waals surface area contributed by atoms with E-state index in [4.69, 9.17) is 0 Å². The normalized spacial score (nSPS) is 17.9. The van der Waals surface area contributed by atoms with Gasteiger partial charge in [0.1, 0.15) is 6.54 Å². The van der Waals surface area contributed by atoms with Crippen molar-refractivity contribution in [2.75, 3.05) is 6.54 Å². The van der Waals surface area contributed by atoms with Crippen molar-refractivity contribution in [2.24, 2.45) is 0 Å². The third-order valence-electron chi connectivity index (χ3n) is 5.59. The minimum Gasteiger partial charge on any atom is -0.348 e. The summed E-state index contributed by atoms with van der Waals surface area (Å²) >= 11 is 0. The van der Waals surface area contributed by atoms with Crippen LogP contribution in [0.1, 0.15) is 56.6 Å². The van der Waals surface area contributed by atoms with E-state index in [-0.39, 0.29) is 11.8 Å². The minimum atomic E-state index is -2.59. The maximum Gasteiger partial charge on any atom is 0.258 e. The number of pyridine rings is 1. The van der Waals surface area contributed by atoms with E-state index in [1.165, 1.54) is 11.6 Å². The van der Waals surface area contributed by atoms with E-state index >= 15 is 0 Å². The van der Waals surface area contributed by atoms with E-state index < -0.39 is 24.0 Å². The Kier molecular flexibility index (Phi) is 6.78. The molecule has 0 bridgehead atoms. The van der Waals surface area contributed by atoms with Gasteiger partial charge in [-0.3, -0.25) is 9.78 Å². The largest absolute Gasteiger partial charge is 0.348 e. The Labute approximate surface area is 180 Å². The van der Waals surface area contributed by atoms with Crippen LogP contribution in [0.2, 0.25) is 0 Å². The highest BCUT2D eigenvalue weighted by molar-refractivity contribution is 5.87. The monoisotopic (exact) mass is 433 g/mol. The SMILES string of the molecule is C=CC(=O)NC(C)(C)CC(C)(NCC1CCc2cccnc21)c1nnnn1CC(F)F. The fourth-order valence-electron chi connectivity index (χ4n) is 4.43. The zero-order valence-corrected chi connectivity index (χ0v) is 18.1. The molecule has 0 spiro atoms. The molecule has 2 atom stereocenters. The predicted molar refractivity (Wildman–Crippen MR) is 112 cm³/mol. The summed E-state index contributed by atoms with van der Waals surface area (Å²) in [7, 11) is 0. The molecule has 31 heavy (non-hydrogen) atoms. The first-order valence-corrected chi connectivity index (χ1v) is 10.3. The summed E-state index contributed by atoms with van der Waals surface area (Å²) in [4.78, 5) is 16.4. The van der Waals surface area contributed by atoms with Gasteiger partial charge in [0.2, 0.25) is 5.91 Å². The summed E-state index contributed by atoms with van der Waals surface area (Å²) in [6.45, 7) is 9.06. The number of rotatable bonds is 10. The molecule has 1 aliphatic rings. The first-order chi connectivity index (χ1) is 14.6. The highest BCUT2D eigenvalue weighted by atomic mass is 19.3. The number of hydrogen-bond acceptors (Lipinski definition) is 6. The van der Waals surface area contributed by atoms with Gasteiger partial charge in [0, 0.05) is 29.9 Å². The number of carbonyl (C=O) groups is 1. The molecular formula is C21H29F2N7O. The maximum atomic E-state index is 13.1. The Bertz CT molecular complexity index is 930. The van der Waals surface area contributed by atoms with Crippen LogP contribution in [0.4, 0.5) is 8.78 Å². The highest BCUT2D eigenvalue weighted by Crippen LogP contribution is 2.34. The van der Waals surface area contributed by atoms with Gasteiger partial charge in [0.15, 0.2) is 5.82 Å². The molecule has 2 N–H and O–H groups in total. The van der Waals surface area contributed by atoms with Crippen molar-refractivity contribution in [3.63, 3.8) is 0 Å². The van der Waals surface area contributed by atoms with Gasteiger partial charge in [-0.05, 0) is 68.2 Å². The molecule has 2 unspecified atom stereocenters. The molecule has 2 aromatic rings. The van der Waals surface area contributed by atoms with Crippen molar-refractivity contribution in [1.82, 2.24) is 35.8 Å². The standard InChI is InChI=1S/C21H29F2N7O/c1-5-17(31)26-20(2,3)13-21(4,19-27-28-29-30(19)12-16(22)23)25-11-15-9-8-14-7-6-10-24-18(14)15/h5-7,10,15-16,25H,1,8-9,11-13H2,2-4H3,(H,26,31). The van der Waals surface area contributed by atoms with Crippen LogP contribution in [0.15, 0.2) is 31.0 Å². The average molecular weight is 434 g/mol. The quantitative estimate of drug-likeness (QED) is 0.558. The fraction of sp³-hybridized carbons (Fsp3) is 0.571. The number of alkyl halides is 2. The van der Waals surface area contributed by atoms with Gasteiger partial charge < -0.3 is 10.6 Å². The molecule has 0 fully saturated rings. The van der Waals surface area contributed by atoms with E-state index in [1.54, 1.807) is 6.20 Å². The van der Waals surface area contributed by atoms with Crippen LogP contribution in [-0.4, -0.2) is 49.6 Å². The lowest BCUT2D eigenvalue weighted by molar-refractivity contribution is -0.118. The van der Waals surface area contributed by atoms with Crippen LogP contribution < -0.4 is 10.6 Å². The number of halogens is 2. The summed E-state index contributed by atoms with van der Waals surface area (Å²) in [5.41, 5.74) is 0.731. The van der Waals surface area contributed by atoms with E-state index in [9.17, 15) is 13.6 Å². The topological polar surface area (TPSA) is 97.6 Å². The Balaban J connectivity index is 1.86. The second-order valence-corrected chi connectivity index (χ2v) is 8.83. The predicted octanol–water partition coefficient (Wildman–Crippen LogP) is 2.34. The van der Waals surface area contributed by atoms with Crippen LogP contribution in [0, 0.1) is 0 Å². The van der Waals surface area contributed by atoms with Crippen LogP contribution >= 0.6 is 0 Å². The van der Waals surface area contributed by atoms with Gasteiger partial charge in [-0.15, -0.1) is 5.10 Å². The van der Waals surface area contributed by atoms with Crippen LogP contribution in [-0.2, 0) is 23.3 Å². The van der Waals surface area contributed by atoms with Crippen molar-refractivity contribution < 1.29 is 13.6 Å². The summed E-state index contributed by atoms with van der Waals surface area (Å²) < 4.78 is 27.3. The van der Waals surface area contributed by atoms with Gasteiger partial charge >= 0.3 is 0 Å². The first-order valence-electron chi connectivity index (χ1n) is 10.3. The second-order valence-electron chi connectivity index (χ2n) is 8.83.